The van der Waals surface area contributed by atoms with Gasteiger partial charge in [0, 0.05) is 5.56 Å². The van der Waals surface area contributed by atoms with Gasteiger partial charge in [-0.2, -0.15) is 0 Å². The van der Waals surface area contributed by atoms with Crippen molar-refractivity contribution in [2.45, 2.75) is 27.2 Å². The number of benzene rings is 1. The first kappa shape index (κ1) is 15.4. The van der Waals surface area contributed by atoms with Crippen LogP contribution in [0.25, 0.3) is 11.3 Å². The molecule has 0 atom stereocenters. The van der Waals surface area contributed by atoms with Gasteiger partial charge in [0.2, 0.25) is 5.28 Å². The number of hydrogen-bond donors (Lipinski definition) is 0. The standard InChI is InChI=1S/C15H16ClN3O2/c1-9(2)7-11-5-4-6-12(8-11)13-14(19(20)21)10(3)17-15(16)18-13/h4-6,8-9H,7H2,1-3H3. The Hall–Kier alpha value is -2.01. The molecule has 0 amide bonds. The van der Waals surface area contributed by atoms with Crippen LogP contribution in [0.3, 0.4) is 0 Å². The average Bonchev–Trinajstić information content (AvgIpc) is 2.36. The summed E-state index contributed by atoms with van der Waals surface area (Å²) in [5.74, 6) is 0.506. The van der Waals surface area contributed by atoms with Gasteiger partial charge in [-0.25, -0.2) is 9.97 Å². The Labute approximate surface area is 128 Å². The molecule has 0 aliphatic rings. The van der Waals surface area contributed by atoms with Crippen molar-refractivity contribution in [1.82, 2.24) is 9.97 Å². The molecule has 110 valence electrons. The first-order chi connectivity index (χ1) is 9.88. The molecule has 1 aromatic heterocycles. The van der Waals surface area contributed by atoms with Gasteiger partial charge < -0.3 is 0 Å². The highest BCUT2D eigenvalue weighted by Crippen LogP contribution is 2.31. The number of aryl methyl sites for hydroxylation is 1. The minimum atomic E-state index is -0.462. The van der Waals surface area contributed by atoms with E-state index in [0.29, 0.717) is 11.5 Å². The Morgan fingerprint density at radius 3 is 2.67 bits per heavy atom. The molecule has 2 aromatic rings. The van der Waals surface area contributed by atoms with Crippen LogP contribution in [0.4, 0.5) is 5.69 Å². The van der Waals surface area contributed by atoms with E-state index < -0.39 is 4.92 Å². The van der Waals surface area contributed by atoms with Crippen molar-refractivity contribution in [3.8, 4) is 11.3 Å². The number of nitrogens with zero attached hydrogens (tertiary/aromatic N) is 3. The lowest BCUT2D eigenvalue weighted by atomic mass is 9.99. The highest BCUT2D eigenvalue weighted by atomic mass is 35.5. The Balaban J connectivity index is 2.58. The maximum atomic E-state index is 11.3. The molecule has 21 heavy (non-hydrogen) atoms. The summed E-state index contributed by atoms with van der Waals surface area (Å²) < 4.78 is 0. The summed E-state index contributed by atoms with van der Waals surface area (Å²) in [6.07, 6.45) is 0.902. The fourth-order valence-electron chi connectivity index (χ4n) is 2.27. The maximum absolute atomic E-state index is 11.3. The molecule has 5 nitrogen and oxygen atoms in total. The lowest BCUT2D eigenvalue weighted by Gasteiger charge is -2.08. The van der Waals surface area contributed by atoms with Crippen molar-refractivity contribution in [2.75, 3.05) is 0 Å². The number of nitro groups is 1. The van der Waals surface area contributed by atoms with Gasteiger partial charge in [0.25, 0.3) is 0 Å². The molecular formula is C15H16ClN3O2. The van der Waals surface area contributed by atoms with Crippen LogP contribution >= 0.6 is 11.6 Å². The Kier molecular flexibility index (Phi) is 4.53. The lowest BCUT2D eigenvalue weighted by Crippen LogP contribution is -2.02. The third-order valence-electron chi connectivity index (χ3n) is 3.06. The predicted molar refractivity (Wildman–Crippen MR) is 82.4 cm³/mol. The van der Waals surface area contributed by atoms with Gasteiger partial charge in [0.15, 0.2) is 5.69 Å². The molecule has 0 aliphatic carbocycles. The van der Waals surface area contributed by atoms with E-state index in [1.54, 1.807) is 13.0 Å². The smallest absolute Gasteiger partial charge is 0.258 e. The lowest BCUT2D eigenvalue weighted by molar-refractivity contribution is -0.385. The van der Waals surface area contributed by atoms with Crippen LogP contribution < -0.4 is 0 Å². The first-order valence-electron chi connectivity index (χ1n) is 6.66. The number of aromatic nitrogens is 2. The van der Waals surface area contributed by atoms with E-state index in [1.165, 1.54) is 0 Å². The number of hydrogen-bond acceptors (Lipinski definition) is 4. The second kappa shape index (κ2) is 6.18. The molecule has 0 saturated heterocycles. The highest BCUT2D eigenvalue weighted by Gasteiger charge is 2.23. The Morgan fingerprint density at radius 1 is 1.33 bits per heavy atom. The van der Waals surface area contributed by atoms with Crippen molar-refractivity contribution in [2.24, 2.45) is 5.92 Å². The van der Waals surface area contributed by atoms with Crippen molar-refractivity contribution in [3.63, 3.8) is 0 Å². The second-order valence-electron chi connectivity index (χ2n) is 5.33. The van der Waals surface area contributed by atoms with Crippen molar-refractivity contribution >= 4 is 17.3 Å². The Morgan fingerprint density at radius 2 is 2.05 bits per heavy atom. The van der Waals surface area contributed by atoms with Crippen LogP contribution in [0.1, 0.15) is 25.1 Å². The summed E-state index contributed by atoms with van der Waals surface area (Å²) in [7, 11) is 0. The van der Waals surface area contributed by atoms with Crippen molar-refractivity contribution in [3.05, 3.63) is 50.9 Å². The van der Waals surface area contributed by atoms with Crippen molar-refractivity contribution < 1.29 is 4.92 Å². The van der Waals surface area contributed by atoms with Crippen LogP contribution in [-0.2, 0) is 6.42 Å². The van der Waals surface area contributed by atoms with Crippen LogP contribution in [0.15, 0.2) is 24.3 Å². The summed E-state index contributed by atoms with van der Waals surface area (Å²) in [5.41, 5.74) is 2.24. The van der Waals surface area contributed by atoms with Gasteiger partial charge in [0.1, 0.15) is 5.69 Å². The fourth-order valence-corrected chi connectivity index (χ4v) is 2.48. The molecule has 0 N–H and O–H groups in total. The van der Waals surface area contributed by atoms with Gasteiger partial charge >= 0.3 is 5.69 Å². The minimum Gasteiger partial charge on any atom is -0.258 e. The summed E-state index contributed by atoms with van der Waals surface area (Å²) in [6, 6.07) is 7.60. The van der Waals surface area contributed by atoms with Gasteiger partial charge in [-0.05, 0) is 42.5 Å². The van der Waals surface area contributed by atoms with Crippen LogP contribution in [-0.4, -0.2) is 14.9 Å². The molecule has 6 heteroatoms. The molecule has 2 rings (SSSR count). The molecular weight excluding hydrogens is 290 g/mol. The van der Waals surface area contributed by atoms with E-state index in [-0.39, 0.29) is 22.4 Å². The van der Waals surface area contributed by atoms with E-state index in [2.05, 4.69) is 23.8 Å². The van der Waals surface area contributed by atoms with E-state index in [0.717, 1.165) is 12.0 Å². The van der Waals surface area contributed by atoms with Gasteiger partial charge in [-0.3, -0.25) is 10.1 Å². The molecule has 0 saturated carbocycles. The summed E-state index contributed by atoms with van der Waals surface area (Å²) in [4.78, 5) is 18.7. The summed E-state index contributed by atoms with van der Waals surface area (Å²) in [5, 5.41) is 11.3. The molecule has 0 radical (unpaired) electrons. The molecule has 0 unspecified atom stereocenters. The Bertz CT molecular complexity index is 687. The second-order valence-corrected chi connectivity index (χ2v) is 5.67. The topological polar surface area (TPSA) is 68.9 Å². The van der Waals surface area contributed by atoms with Crippen LogP contribution in [0, 0.1) is 23.0 Å². The maximum Gasteiger partial charge on any atom is 0.316 e. The average molecular weight is 306 g/mol. The van der Waals surface area contributed by atoms with E-state index in [4.69, 9.17) is 11.6 Å². The normalized spacial score (nSPS) is 10.9. The van der Waals surface area contributed by atoms with Gasteiger partial charge in [0.05, 0.1) is 4.92 Å². The van der Waals surface area contributed by atoms with Gasteiger partial charge in [-0.15, -0.1) is 0 Å². The molecule has 0 bridgehead atoms. The fraction of sp³-hybridized carbons (Fsp3) is 0.333. The highest BCUT2D eigenvalue weighted by molar-refractivity contribution is 6.28. The van der Waals surface area contributed by atoms with E-state index in [1.807, 2.05) is 18.2 Å². The van der Waals surface area contributed by atoms with E-state index >= 15 is 0 Å². The third-order valence-corrected chi connectivity index (χ3v) is 3.23. The quantitative estimate of drug-likeness (QED) is 0.482. The van der Waals surface area contributed by atoms with E-state index in [9.17, 15) is 10.1 Å². The third kappa shape index (κ3) is 3.55. The number of rotatable bonds is 4. The zero-order valence-corrected chi connectivity index (χ0v) is 12.9. The summed E-state index contributed by atoms with van der Waals surface area (Å²) in [6.45, 7) is 5.81. The molecule has 0 fully saturated rings. The monoisotopic (exact) mass is 305 g/mol. The van der Waals surface area contributed by atoms with Crippen molar-refractivity contribution in [1.29, 1.82) is 0 Å². The largest absolute Gasteiger partial charge is 0.316 e. The number of halogens is 1. The molecule has 0 spiro atoms. The zero-order valence-electron chi connectivity index (χ0n) is 12.1. The predicted octanol–water partition coefficient (Wildman–Crippen LogP) is 4.21. The summed E-state index contributed by atoms with van der Waals surface area (Å²) >= 11 is 5.86. The first-order valence-corrected chi connectivity index (χ1v) is 7.04. The zero-order chi connectivity index (χ0) is 15.6. The van der Waals surface area contributed by atoms with Gasteiger partial charge in [-0.1, -0.05) is 32.0 Å². The molecule has 1 aromatic carbocycles. The minimum absolute atomic E-state index is 0.0161. The molecule has 0 aliphatic heterocycles. The van der Waals surface area contributed by atoms with Crippen LogP contribution in [0.2, 0.25) is 5.28 Å². The molecule has 1 heterocycles. The SMILES string of the molecule is Cc1nc(Cl)nc(-c2cccc(CC(C)C)c2)c1[N+](=O)[O-]. The van der Waals surface area contributed by atoms with Crippen LogP contribution in [0.5, 0.6) is 0 Å².